The van der Waals surface area contributed by atoms with E-state index < -0.39 is 0 Å². The second-order valence-corrected chi connectivity index (χ2v) is 6.91. The number of fused-ring (bicyclic) bond motifs is 3. The first-order valence-corrected chi connectivity index (χ1v) is 9.08. The summed E-state index contributed by atoms with van der Waals surface area (Å²) in [5.74, 6) is 2.07. The summed E-state index contributed by atoms with van der Waals surface area (Å²) in [6, 6.07) is 11.3. The number of ether oxygens (including phenoxy) is 2. The summed E-state index contributed by atoms with van der Waals surface area (Å²) in [4.78, 5) is 19.4. The molecule has 0 saturated heterocycles. The van der Waals surface area contributed by atoms with Gasteiger partial charge >= 0.3 is 0 Å². The monoisotopic (exact) mass is 374 g/mol. The van der Waals surface area contributed by atoms with Gasteiger partial charge in [-0.25, -0.2) is 0 Å². The lowest BCUT2D eigenvalue weighted by atomic mass is 9.99. The number of furan rings is 1. The molecule has 2 aromatic heterocycles. The minimum absolute atomic E-state index is 0.131. The highest BCUT2D eigenvalue weighted by Crippen LogP contribution is 2.44. The zero-order valence-corrected chi connectivity index (χ0v) is 15.3. The van der Waals surface area contributed by atoms with Gasteiger partial charge in [-0.15, -0.1) is 0 Å². The van der Waals surface area contributed by atoms with Gasteiger partial charge in [0, 0.05) is 25.4 Å². The minimum Gasteiger partial charge on any atom is -0.478 e. The van der Waals surface area contributed by atoms with Crippen LogP contribution in [-0.4, -0.2) is 22.4 Å². The highest BCUT2D eigenvalue weighted by Gasteiger charge is 2.35. The SMILES string of the molecule is Cc1cc2c(c3c1C(=O)/C(=C/c1ccco1)O3)CN(Cc1ccccn1)CO2. The number of carbonyl (C=O) groups is 1. The zero-order valence-electron chi connectivity index (χ0n) is 15.3. The second-order valence-electron chi connectivity index (χ2n) is 6.91. The van der Waals surface area contributed by atoms with E-state index in [4.69, 9.17) is 13.9 Å². The quantitative estimate of drug-likeness (QED) is 0.647. The van der Waals surface area contributed by atoms with Crippen molar-refractivity contribution in [2.75, 3.05) is 6.73 Å². The maximum absolute atomic E-state index is 12.9. The molecule has 4 heterocycles. The van der Waals surface area contributed by atoms with Gasteiger partial charge in [0.05, 0.1) is 23.1 Å². The van der Waals surface area contributed by atoms with E-state index in [0.29, 0.717) is 36.9 Å². The van der Waals surface area contributed by atoms with Crippen molar-refractivity contribution in [2.45, 2.75) is 20.0 Å². The highest BCUT2D eigenvalue weighted by molar-refractivity contribution is 6.15. The summed E-state index contributed by atoms with van der Waals surface area (Å²) in [5, 5.41) is 0. The van der Waals surface area contributed by atoms with Gasteiger partial charge < -0.3 is 13.9 Å². The van der Waals surface area contributed by atoms with Crippen LogP contribution in [0.2, 0.25) is 0 Å². The normalized spacial score (nSPS) is 17.2. The maximum atomic E-state index is 12.9. The summed E-state index contributed by atoms with van der Waals surface area (Å²) in [5.41, 5.74) is 3.30. The molecule has 6 heteroatoms. The second kappa shape index (κ2) is 6.65. The van der Waals surface area contributed by atoms with Gasteiger partial charge in [-0.3, -0.25) is 14.7 Å². The Bertz CT molecular complexity index is 1070. The van der Waals surface area contributed by atoms with Crippen molar-refractivity contribution in [3.05, 3.63) is 82.8 Å². The zero-order chi connectivity index (χ0) is 19.1. The molecule has 0 amide bonds. The van der Waals surface area contributed by atoms with Crippen LogP contribution < -0.4 is 9.47 Å². The summed E-state index contributed by atoms with van der Waals surface area (Å²) in [7, 11) is 0. The van der Waals surface area contributed by atoms with Gasteiger partial charge in [0.2, 0.25) is 5.78 Å². The van der Waals surface area contributed by atoms with Crippen molar-refractivity contribution in [2.24, 2.45) is 0 Å². The van der Waals surface area contributed by atoms with E-state index in [0.717, 1.165) is 22.6 Å². The Balaban J connectivity index is 1.48. The molecular weight excluding hydrogens is 356 g/mol. The standard InChI is InChI=1S/C22H18N2O4/c1-14-9-18-17(12-24(13-27-18)11-15-5-2-3-7-23-15)22-20(14)21(25)19(28-22)10-16-6-4-8-26-16/h2-10H,11-13H2,1H3/b19-10-. The molecule has 0 unspecified atom stereocenters. The van der Waals surface area contributed by atoms with E-state index in [2.05, 4.69) is 9.88 Å². The predicted molar refractivity (Wildman–Crippen MR) is 102 cm³/mol. The summed E-state index contributed by atoms with van der Waals surface area (Å²) >= 11 is 0. The van der Waals surface area contributed by atoms with Crippen LogP contribution in [0.5, 0.6) is 11.5 Å². The smallest absolute Gasteiger partial charge is 0.232 e. The highest BCUT2D eigenvalue weighted by atomic mass is 16.5. The molecular formula is C22H18N2O4. The Morgan fingerprint density at radius 2 is 2.18 bits per heavy atom. The molecule has 0 fully saturated rings. The van der Waals surface area contributed by atoms with Crippen molar-refractivity contribution in [3.8, 4) is 11.5 Å². The molecule has 2 aliphatic rings. The molecule has 0 N–H and O–H groups in total. The lowest BCUT2D eigenvalue weighted by Crippen LogP contribution is -2.32. The molecule has 0 spiro atoms. The van der Waals surface area contributed by atoms with E-state index in [1.165, 1.54) is 0 Å². The predicted octanol–water partition coefficient (Wildman–Crippen LogP) is 3.95. The van der Waals surface area contributed by atoms with E-state index in [-0.39, 0.29) is 11.5 Å². The Hall–Kier alpha value is -3.38. The number of ketones is 1. The van der Waals surface area contributed by atoms with Crippen molar-refractivity contribution >= 4 is 11.9 Å². The van der Waals surface area contributed by atoms with Crippen LogP contribution in [0.3, 0.4) is 0 Å². The first kappa shape index (κ1) is 16.8. The van der Waals surface area contributed by atoms with Crippen LogP contribution in [0, 0.1) is 6.92 Å². The third-order valence-electron chi connectivity index (χ3n) is 4.92. The first-order chi connectivity index (χ1) is 13.7. The van der Waals surface area contributed by atoms with E-state index >= 15 is 0 Å². The number of allylic oxidation sites excluding steroid dienone is 1. The number of aryl methyl sites for hydroxylation is 1. The molecule has 0 radical (unpaired) electrons. The number of carbonyl (C=O) groups excluding carboxylic acids is 1. The van der Waals surface area contributed by atoms with Crippen molar-refractivity contribution < 1.29 is 18.7 Å². The topological polar surface area (TPSA) is 64.8 Å². The van der Waals surface area contributed by atoms with Gasteiger partial charge in [-0.1, -0.05) is 6.07 Å². The Morgan fingerprint density at radius 3 is 2.96 bits per heavy atom. The van der Waals surface area contributed by atoms with Gasteiger partial charge in [0.25, 0.3) is 0 Å². The van der Waals surface area contributed by atoms with Crippen LogP contribution in [0.15, 0.2) is 59.0 Å². The molecule has 28 heavy (non-hydrogen) atoms. The van der Waals surface area contributed by atoms with Gasteiger partial charge in [0.1, 0.15) is 24.0 Å². The third-order valence-corrected chi connectivity index (χ3v) is 4.92. The lowest BCUT2D eigenvalue weighted by molar-refractivity contribution is 0.0861. The molecule has 2 aliphatic heterocycles. The van der Waals surface area contributed by atoms with Crippen LogP contribution in [-0.2, 0) is 13.1 Å². The van der Waals surface area contributed by atoms with Crippen LogP contribution in [0.25, 0.3) is 6.08 Å². The van der Waals surface area contributed by atoms with Crippen LogP contribution in [0.1, 0.15) is 32.9 Å². The number of rotatable bonds is 3. The maximum Gasteiger partial charge on any atom is 0.232 e. The third kappa shape index (κ3) is 2.88. The molecule has 140 valence electrons. The fourth-order valence-electron chi connectivity index (χ4n) is 3.60. The molecule has 6 nitrogen and oxygen atoms in total. The fraction of sp³-hybridized carbons (Fsp3) is 0.182. The Labute approximate surface area is 162 Å². The number of nitrogens with zero attached hydrogens (tertiary/aromatic N) is 2. The average molecular weight is 374 g/mol. The van der Waals surface area contributed by atoms with E-state index in [1.54, 1.807) is 30.7 Å². The molecule has 3 aromatic rings. The summed E-state index contributed by atoms with van der Waals surface area (Å²) in [6.07, 6.45) is 4.97. The van der Waals surface area contributed by atoms with Crippen LogP contribution >= 0.6 is 0 Å². The molecule has 1 aromatic carbocycles. The summed E-state index contributed by atoms with van der Waals surface area (Å²) < 4.78 is 17.3. The lowest BCUT2D eigenvalue weighted by Gasteiger charge is -2.29. The van der Waals surface area contributed by atoms with Gasteiger partial charge in [-0.05, 0) is 42.8 Å². The molecule has 0 saturated carbocycles. The fourth-order valence-corrected chi connectivity index (χ4v) is 3.60. The molecule has 0 atom stereocenters. The van der Waals surface area contributed by atoms with Crippen molar-refractivity contribution in [1.29, 1.82) is 0 Å². The number of Topliss-reactive ketones (excluding diaryl/α,β-unsaturated/α-hetero) is 1. The molecule has 0 bridgehead atoms. The largest absolute Gasteiger partial charge is 0.478 e. The summed E-state index contributed by atoms with van der Waals surface area (Å²) in [6.45, 7) is 3.65. The number of aromatic nitrogens is 1. The number of pyridine rings is 1. The first-order valence-electron chi connectivity index (χ1n) is 9.08. The van der Waals surface area contributed by atoms with Gasteiger partial charge in [-0.2, -0.15) is 0 Å². The van der Waals surface area contributed by atoms with Crippen molar-refractivity contribution in [3.63, 3.8) is 0 Å². The minimum atomic E-state index is -0.131. The number of benzene rings is 1. The molecule has 5 rings (SSSR count). The Kier molecular flexibility index (Phi) is 3.98. The van der Waals surface area contributed by atoms with Crippen molar-refractivity contribution in [1.82, 2.24) is 9.88 Å². The number of hydrogen-bond donors (Lipinski definition) is 0. The number of hydrogen-bond acceptors (Lipinski definition) is 6. The van der Waals surface area contributed by atoms with Gasteiger partial charge in [0.15, 0.2) is 5.76 Å². The van der Waals surface area contributed by atoms with E-state index in [1.807, 2.05) is 31.2 Å². The van der Waals surface area contributed by atoms with Crippen LogP contribution in [0.4, 0.5) is 0 Å². The Morgan fingerprint density at radius 1 is 1.25 bits per heavy atom. The average Bonchev–Trinajstić information content (AvgIpc) is 3.32. The molecule has 0 aliphatic carbocycles. The van der Waals surface area contributed by atoms with E-state index in [9.17, 15) is 4.79 Å².